The number of fused-ring (bicyclic) bond motifs is 1. The van der Waals surface area contributed by atoms with E-state index in [4.69, 9.17) is 0 Å². The zero-order valence-electron chi connectivity index (χ0n) is 14.0. The zero-order chi connectivity index (χ0) is 16.5. The number of anilines is 1. The van der Waals surface area contributed by atoms with Crippen molar-refractivity contribution in [2.75, 3.05) is 18.5 Å². The summed E-state index contributed by atoms with van der Waals surface area (Å²) in [5.41, 5.74) is 2.68. The molecule has 1 aromatic carbocycles. The molecular formula is C17H25N3O2. The van der Waals surface area contributed by atoms with Crippen LogP contribution in [0.2, 0.25) is 0 Å². The monoisotopic (exact) mass is 303 g/mol. The van der Waals surface area contributed by atoms with Gasteiger partial charge in [0, 0.05) is 25.3 Å². The Morgan fingerprint density at radius 2 is 2.00 bits per heavy atom. The molecule has 0 saturated heterocycles. The number of urea groups is 1. The van der Waals surface area contributed by atoms with E-state index in [0.29, 0.717) is 6.54 Å². The summed E-state index contributed by atoms with van der Waals surface area (Å²) in [6, 6.07) is 6.07. The van der Waals surface area contributed by atoms with Crippen LogP contribution < -0.4 is 15.5 Å². The van der Waals surface area contributed by atoms with Crippen molar-refractivity contribution < 1.29 is 9.59 Å². The number of carbonyl (C=O) groups excluding carboxylic acids is 2. The lowest BCUT2D eigenvalue weighted by Gasteiger charge is -2.17. The highest BCUT2D eigenvalue weighted by atomic mass is 16.2. The van der Waals surface area contributed by atoms with Crippen LogP contribution in [0.15, 0.2) is 18.2 Å². The Hall–Kier alpha value is -2.04. The highest BCUT2D eigenvalue weighted by molar-refractivity contribution is 6.07. The molecule has 120 valence electrons. The van der Waals surface area contributed by atoms with E-state index < -0.39 is 5.41 Å². The third kappa shape index (κ3) is 3.08. The summed E-state index contributed by atoms with van der Waals surface area (Å²) in [5.74, 6) is 0.120. The number of amides is 3. The Labute approximate surface area is 132 Å². The molecule has 3 amide bonds. The van der Waals surface area contributed by atoms with Gasteiger partial charge in [-0.3, -0.25) is 4.79 Å². The lowest BCUT2D eigenvalue weighted by atomic mass is 9.85. The predicted octanol–water partition coefficient (Wildman–Crippen LogP) is 2.19. The largest absolute Gasteiger partial charge is 0.338 e. The maximum atomic E-state index is 12.3. The number of hydrogen-bond acceptors (Lipinski definition) is 2. The molecule has 1 aromatic rings. The molecule has 1 aliphatic rings. The standard InChI is InChI=1S/C17H25N3O2/c1-11(2)19-16(22)18-9-8-12-6-7-14-13(10-12)17(3,4)15(21)20(14)5/h6-7,10-11H,8-9H2,1-5H3,(H2,18,19,22). The SMILES string of the molecule is CC(C)NC(=O)NCCc1ccc2c(c1)C(C)(C)C(=O)N2C. The summed E-state index contributed by atoms with van der Waals surface area (Å²) >= 11 is 0. The van der Waals surface area contributed by atoms with E-state index in [-0.39, 0.29) is 18.0 Å². The fraction of sp³-hybridized carbons (Fsp3) is 0.529. The smallest absolute Gasteiger partial charge is 0.314 e. The molecule has 0 saturated carbocycles. The van der Waals surface area contributed by atoms with E-state index >= 15 is 0 Å². The van der Waals surface area contributed by atoms with Crippen LogP contribution in [0.25, 0.3) is 0 Å². The predicted molar refractivity (Wildman–Crippen MR) is 88.3 cm³/mol. The maximum absolute atomic E-state index is 12.3. The van der Waals surface area contributed by atoms with Crippen LogP contribution >= 0.6 is 0 Å². The van der Waals surface area contributed by atoms with Crippen LogP contribution in [0.4, 0.5) is 10.5 Å². The zero-order valence-corrected chi connectivity index (χ0v) is 14.0. The Balaban J connectivity index is 2.03. The topological polar surface area (TPSA) is 61.4 Å². The number of benzene rings is 1. The minimum atomic E-state index is -0.484. The van der Waals surface area contributed by atoms with E-state index in [1.165, 1.54) is 0 Å². The lowest BCUT2D eigenvalue weighted by molar-refractivity contribution is -0.121. The molecule has 22 heavy (non-hydrogen) atoms. The van der Waals surface area contributed by atoms with E-state index in [9.17, 15) is 9.59 Å². The summed E-state index contributed by atoms with van der Waals surface area (Å²) < 4.78 is 0. The Kier molecular flexibility index (Phi) is 4.44. The van der Waals surface area contributed by atoms with Gasteiger partial charge in [0.2, 0.25) is 5.91 Å². The number of rotatable bonds is 4. The first-order valence-corrected chi connectivity index (χ1v) is 7.69. The summed E-state index contributed by atoms with van der Waals surface area (Å²) in [4.78, 5) is 25.5. The molecule has 0 fully saturated rings. The second-order valence-corrected chi connectivity index (χ2v) is 6.65. The quantitative estimate of drug-likeness (QED) is 0.895. The van der Waals surface area contributed by atoms with Crippen molar-refractivity contribution >= 4 is 17.6 Å². The molecule has 0 aromatic heterocycles. The van der Waals surface area contributed by atoms with Crippen molar-refractivity contribution in [2.45, 2.75) is 45.6 Å². The Morgan fingerprint density at radius 1 is 1.32 bits per heavy atom. The van der Waals surface area contributed by atoms with Gasteiger partial charge in [0.1, 0.15) is 0 Å². The van der Waals surface area contributed by atoms with Gasteiger partial charge in [-0.15, -0.1) is 0 Å². The second-order valence-electron chi connectivity index (χ2n) is 6.65. The highest BCUT2D eigenvalue weighted by Crippen LogP contribution is 2.40. The number of nitrogens with one attached hydrogen (secondary N) is 2. The first-order valence-electron chi connectivity index (χ1n) is 7.69. The first kappa shape index (κ1) is 16.3. The average Bonchev–Trinajstić information content (AvgIpc) is 2.60. The van der Waals surface area contributed by atoms with Crippen molar-refractivity contribution in [3.8, 4) is 0 Å². The normalized spacial score (nSPS) is 15.9. The third-order valence-corrected chi connectivity index (χ3v) is 4.05. The van der Waals surface area contributed by atoms with Crippen LogP contribution in [0.3, 0.4) is 0 Å². The first-order chi connectivity index (χ1) is 10.2. The molecular weight excluding hydrogens is 278 g/mol. The summed E-state index contributed by atoms with van der Waals surface area (Å²) in [7, 11) is 1.81. The van der Waals surface area contributed by atoms with E-state index in [0.717, 1.165) is 23.2 Å². The molecule has 0 unspecified atom stereocenters. The molecule has 1 heterocycles. The van der Waals surface area contributed by atoms with Crippen molar-refractivity contribution in [3.63, 3.8) is 0 Å². The van der Waals surface area contributed by atoms with Crippen LogP contribution in [-0.2, 0) is 16.6 Å². The minimum absolute atomic E-state index is 0.120. The van der Waals surface area contributed by atoms with E-state index in [1.54, 1.807) is 4.90 Å². The fourth-order valence-corrected chi connectivity index (χ4v) is 2.81. The van der Waals surface area contributed by atoms with Gasteiger partial charge in [-0.2, -0.15) is 0 Å². The third-order valence-electron chi connectivity index (χ3n) is 4.05. The second kappa shape index (κ2) is 5.99. The molecule has 0 spiro atoms. The van der Waals surface area contributed by atoms with Gasteiger partial charge in [0.05, 0.1) is 5.41 Å². The summed E-state index contributed by atoms with van der Waals surface area (Å²) in [5, 5.41) is 5.64. The van der Waals surface area contributed by atoms with Gasteiger partial charge in [-0.05, 0) is 51.3 Å². The number of likely N-dealkylation sites (N-methyl/N-ethyl adjacent to an activating group) is 1. The highest BCUT2D eigenvalue weighted by Gasteiger charge is 2.42. The minimum Gasteiger partial charge on any atom is -0.338 e. The van der Waals surface area contributed by atoms with Gasteiger partial charge < -0.3 is 15.5 Å². The van der Waals surface area contributed by atoms with Gasteiger partial charge in [-0.25, -0.2) is 4.79 Å². The summed E-state index contributed by atoms with van der Waals surface area (Å²) in [6.45, 7) is 8.33. The van der Waals surface area contributed by atoms with E-state index in [2.05, 4.69) is 16.7 Å². The van der Waals surface area contributed by atoms with Crippen LogP contribution in [0.1, 0.15) is 38.8 Å². The molecule has 0 aliphatic carbocycles. The van der Waals surface area contributed by atoms with Crippen molar-refractivity contribution in [3.05, 3.63) is 29.3 Å². The molecule has 5 nitrogen and oxygen atoms in total. The number of carbonyl (C=O) groups is 2. The van der Waals surface area contributed by atoms with Crippen LogP contribution in [-0.4, -0.2) is 31.6 Å². The summed E-state index contributed by atoms with van der Waals surface area (Å²) in [6.07, 6.45) is 0.743. The van der Waals surface area contributed by atoms with Crippen molar-refractivity contribution in [2.24, 2.45) is 0 Å². The Bertz CT molecular complexity index is 594. The molecule has 0 radical (unpaired) electrons. The maximum Gasteiger partial charge on any atom is 0.314 e. The van der Waals surface area contributed by atoms with Crippen LogP contribution in [0.5, 0.6) is 0 Å². The van der Waals surface area contributed by atoms with E-state index in [1.807, 2.05) is 46.9 Å². The number of nitrogens with zero attached hydrogens (tertiary/aromatic N) is 1. The van der Waals surface area contributed by atoms with Gasteiger partial charge >= 0.3 is 6.03 Å². The molecule has 1 aliphatic heterocycles. The Morgan fingerprint density at radius 3 is 2.64 bits per heavy atom. The molecule has 5 heteroatoms. The molecule has 0 bridgehead atoms. The average molecular weight is 303 g/mol. The van der Waals surface area contributed by atoms with Gasteiger partial charge in [0.15, 0.2) is 0 Å². The molecule has 2 rings (SSSR count). The fourth-order valence-electron chi connectivity index (χ4n) is 2.81. The molecule has 2 N–H and O–H groups in total. The van der Waals surface area contributed by atoms with Crippen molar-refractivity contribution in [1.29, 1.82) is 0 Å². The van der Waals surface area contributed by atoms with Crippen LogP contribution in [0, 0.1) is 0 Å². The lowest BCUT2D eigenvalue weighted by Crippen LogP contribution is -2.40. The number of hydrogen-bond donors (Lipinski definition) is 2. The van der Waals surface area contributed by atoms with Gasteiger partial charge in [-0.1, -0.05) is 12.1 Å². The molecule has 0 atom stereocenters. The van der Waals surface area contributed by atoms with Crippen molar-refractivity contribution in [1.82, 2.24) is 10.6 Å². The van der Waals surface area contributed by atoms with Gasteiger partial charge in [0.25, 0.3) is 0 Å².